The van der Waals surface area contributed by atoms with Gasteiger partial charge in [0.05, 0.1) is 22.2 Å². The van der Waals surface area contributed by atoms with Gasteiger partial charge in [-0.15, -0.1) is 0 Å². The van der Waals surface area contributed by atoms with E-state index in [0.29, 0.717) is 18.3 Å². The summed E-state index contributed by atoms with van der Waals surface area (Å²) >= 11 is 1.48. The maximum atomic E-state index is 12.4. The van der Waals surface area contributed by atoms with E-state index in [2.05, 4.69) is 52.0 Å². The molecule has 3 heterocycles. The number of ether oxygens (including phenoxy) is 1. The third kappa shape index (κ3) is 5.94. The topological polar surface area (TPSA) is 96.5 Å². The molecule has 0 bridgehead atoms. The summed E-state index contributed by atoms with van der Waals surface area (Å²) in [6, 6.07) is 8.13. The number of hydrogen-bond acceptors (Lipinski definition) is 7. The van der Waals surface area contributed by atoms with Crippen LogP contribution in [0.1, 0.15) is 45.6 Å². The summed E-state index contributed by atoms with van der Waals surface area (Å²) in [5, 5.41) is 6.19. The molecule has 0 saturated carbocycles. The number of anilines is 2. The van der Waals surface area contributed by atoms with Crippen molar-refractivity contribution in [2.24, 2.45) is 5.41 Å². The molecule has 1 aliphatic heterocycles. The van der Waals surface area contributed by atoms with Crippen LogP contribution in [-0.4, -0.2) is 48.2 Å². The zero-order valence-corrected chi connectivity index (χ0v) is 24.0. The molecule has 2 amide bonds. The van der Waals surface area contributed by atoms with Gasteiger partial charge in [-0.3, -0.25) is 10.1 Å². The van der Waals surface area contributed by atoms with Crippen LogP contribution in [0.5, 0.6) is 0 Å². The van der Waals surface area contributed by atoms with Crippen molar-refractivity contribution in [3.8, 4) is 11.1 Å². The minimum absolute atomic E-state index is 0.106. The highest BCUT2D eigenvalue weighted by Crippen LogP contribution is 2.39. The number of fused-ring (bicyclic) bond motifs is 1. The lowest BCUT2D eigenvalue weighted by atomic mass is 9.80. The predicted octanol–water partition coefficient (Wildman–Crippen LogP) is 6.57. The van der Waals surface area contributed by atoms with Crippen molar-refractivity contribution in [1.29, 1.82) is 0 Å². The molecule has 3 aromatic rings. The van der Waals surface area contributed by atoms with Gasteiger partial charge in [0.2, 0.25) is 0 Å². The van der Waals surface area contributed by atoms with E-state index in [1.165, 1.54) is 16.9 Å². The second kappa shape index (κ2) is 12.0. The Morgan fingerprint density at radius 3 is 2.65 bits per heavy atom. The molecule has 40 heavy (non-hydrogen) atoms. The maximum Gasteiger partial charge on any atom is 0.321 e. The fourth-order valence-corrected chi connectivity index (χ4v) is 6.04. The van der Waals surface area contributed by atoms with Gasteiger partial charge in [-0.1, -0.05) is 41.7 Å². The molecule has 1 fully saturated rings. The monoisotopic (exact) mass is 557 g/mol. The van der Waals surface area contributed by atoms with E-state index >= 15 is 0 Å². The van der Waals surface area contributed by atoms with Crippen LogP contribution in [0.3, 0.4) is 0 Å². The summed E-state index contributed by atoms with van der Waals surface area (Å²) in [4.78, 5) is 36.3. The van der Waals surface area contributed by atoms with Gasteiger partial charge < -0.3 is 15.0 Å². The molecule has 0 atom stereocenters. The van der Waals surface area contributed by atoms with Gasteiger partial charge in [-0.2, -0.15) is 0 Å². The molecule has 0 unspecified atom stereocenters. The number of benzene rings is 1. The minimum Gasteiger partial charge on any atom is -0.466 e. The van der Waals surface area contributed by atoms with Gasteiger partial charge in [-0.25, -0.2) is 14.8 Å². The molecule has 1 aliphatic carbocycles. The Morgan fingerprint density at radius 1 is 1.10 bits per heavy atom. The molecular formula is C31H35N5O3S. The lowest BCUT2D eigenvalue weighted by Gasteiger charge is -2.38. The first-order valence-electron chi connectivity index (χ1n) is 13.8. The number of aromatic nitrogens is 2. The number of allylic oxidation sites excluding steroid dienone is 6. The van der Waals surface area contributed by atoms with Crippen molar-refractivity contribution in [3.05, 3.63) is 66.4 Å². The number of piperidine rings is 1. The molecule has 5 rings (SSSR count). The third-order valence-corrected chi connectivity index (χ3v) is 8.45. The van der Waals surface area contributed by atoms with Crippen molar-refractivity contribution in [2.75, 3.05) is 36.5 Å². The number of esters is 1. The van der Waals surface area contributed by atoms with Crippen LogP contribution in [-0.2, 0) is 9.53 Å². The van der Waals surface area contributed by atoms with Crippen LogP contribution >= 0.6 is 11.3 Å². The average molecular weight is 558 g/mol. The molecule has 2 N–H and O–H groups in total. The van der Waals surface area contributed by atoms with Gasteiger partial charge in [0, 0.05) is 31.4 Å². The lowest BCUT2D eigenvalue weighted by Crippen LogP contribution is -2.43. The van der Waals surface area contributed by atoms with Gasteiger partial charge in [0.25, 0.3) is 0 Å². The average Bonchev–Trinajstić information content (AvgIpc) is 3.16. The molecule has 208 valence electrons. The molecule has 1 aromatic carbocycles. The Labute approximate surface area is 238 Å². The summed E-state index contributed by atoms with van der Waals surface area (Å²) in [5.74, 6) is 0.796. The van der Waals surface area contributed by atoms with Crippen LogP contribution in [0.4, 0.5) is 15.7 Å². The second-order valence-electron chi connectivity index (χ2n) is 10.3. The van der Waals surface area contributed by atoms with Crippen LogP contribution in [0.25, 0.3) is 26.9 Å². The number of urea groups is 1. The van der Waals surface area contributed by atoms with Crippen LogP contribution in [0.15, 0.2) is 60.8 Å². The molecule has 0 spiro atoms. The fourth-order valence-electron chi connectivity index (χ4n) is 5.05. The molecule has 8 nitrogen and oxygen atoms in total. The van der Waals surface area contributed by atoms with E-state index in [0.717, 1.165) is 65.1 Å². The molecule has 9 heteroatoms. The molecule has 2 aliphatic rings. The van der Waals surface area contributed by atoms with Gasteiger partial charge in [-0.05, 0) is 81.0 Å². The standard InChI is InChI=1S/C31H35N5O3S/c1-4-32-29(38)35-30-34-25-19-23(18-24(27(25)40-30)21-10-8-6-7-9-11-21)22-12-13-26(33-20-22)36-16-14-31(3,15-17-36)28(37)39-5-2/h6-10,12-13,18-20H,4-5,11,14-17H2,1-3H3,(H2,32,34,35,38). The van der Waals surface area contributed by atoms with Gasteiger partial charge in [0.1, 0.15) is 5.82 Å². The van der Waals surface area contributed by atoms with Crippen molar-refractivity contribution in [3.63, 3.8) is 0 Å². The number of rotatable bonds is 7. The summed E-state index contributed by atoms with van der Waals surface area (Å²) in [5.41, 5.74) is 4.69. The Morgan fingerprint density at radius 2 is 1.93 bits per heavy atom. The lowest BCUT2D eigenvalue weighted by molar-refractivity contribution is -0.155. The van der Waals surface area contributed by atoms with E-state index in [1.807, 2.05) is 45.2 Å². The summed E-state index contributed by atoms with van der Waals surface area (Å²) in [6.45, 7) is 8.19. The van der Waals surface area contributed by atoms with Crippen LogP contribution in [0.2, 0.25) is 0 Å². The molecule has 1 saturated heterocycles. The number of pyridine rings is 1. The fraction of sp³-hybridized carbons (Fsp3) is 0.355. The Balaban J connectivity index is 1.42. The second-order valence-corrected chi connectivity index (χ2v) is 11.3. The molecular weight excluding hydrogens is 522 g/mol. The van der Waals surface area contributed by atoms with E-state index in [4.69, 9.17) is 14.7 Å². The first-order chi connectivity index (χ1) is 19.4. The summed E-state index contributed by atoms with van der Waals surface area (Å²) < 4.78 is 6.33. The number of hydrogen-bond donors (Lipinski definition) is 2. The number of nitrogens with zero attached hydrogens (tertiary/aromatic N) is 3. The number of thiazole rings is 1. The van der Waals surface area contributed by atoms with Gasteiger partial charge in [0.15, 0.2) is 5.13 Å². The van der Waals surface area contributed by atoms with E-state index in [1.54, 1.807) is 0 Å². The summed E-state index contributed by atoms with van der Waals surface area (Å²) in [6.07, 6.45) is 14.6. The third-order valence-electron chi connectivity index (χ3n) is 7.43. The highest BCUT2D eigenvalue weighted by atomic mass is 32.1. The zero-order chi connectivity index (χ0) is 28.1. The SMILES string of the molecule is CCNC(=O)Nc1nc2cc(-c3ccc(N4CCC(C)(C(=O)OCC)CC4)nc3)cc(C3=CC=CC=CC3)c2s1. The van der Waals surface area contributed by atoms with Crippen LogP contribution < -0.4 is 15.5 Å². The quantitative estimate of drug-likeness (QED) is 0.319. The summed E-state index contributed by atoms with van der Waals surface area (Å²) in [7, 11) is 0. The predicted molar refractivity (Wildman–Crippen MR) is 163 cm³/mol. The van der Waals surface area contributed by atoms with E-state index < -0.39 is 5.41 Å². The van der Waals surface area contributed by atoms with Crippen molar-refractivity contribution in [2.45, 2.75) is 40.0 Å². The molecule has 0 radical (unpaired) electrons. The molecule has 2 aromatic heterocycles. The minimum atomic E-state index is -0.437. The van der Waals surface area contributed by atoms with E-state index in [9.17, 15) is 9.59 Å². The number of amides is 2. The maximum absolute atomic E-state index is 12.4. The number of carbonyl (C=O) groups excluding carboxylic acids is 2. The highest BCUT2D eigenvalue weighted by Gasteiger charge is 2.38. The highest BCUT2D eigenvalue weighted by molar-refractivity contribution is 7.22. The first-order valence-corrected chi connectivity index (χ1v) is 14.6. The smallest absolute Gasteiger partial charge is 0.321 e. The van der Waals surface area contributed by atoms with Crippen molar-refractivity contribution >= 4 is 50.1 Å². The van der Waals surface area contributed by atoms with Crippen LogP contribution in [0, 0.1) is 5.41 Å². The number of carbonyl (C=O) groups is 2. The van der Waals surface area contributed by atoms with E-state index in [-0.39, 0.29) is 12.0 Å². The number of nitrogens with one attached hydrogen (secondary N) is 2. The zero-order valence-electron chi connectivity index (χ0n) is 23.2. The Kier molecular flexibility index (Phi) is 8.30. The van der Waals surface area contributed by atoms with Crippen molar-refractivity contribution < 1.29 is 14.3 Å². The van der Waals surface area contributed by atoms with Crippen molar-refractivity contribution in [1.82, 2.24) is 15.3 Å². The Hall–Kier alpha value is -3.98. The first kappa shape index (κ1) is 27.6. The Bertz CT molecular complexity index is 1480. The van der Waals surface area contributed by atoms with Gasteiger partial charge >= 0.3 is 12.0 Å². The normalized spacial score (nSPS) is 16.4. The largest absolute Gasteiger partial charge is 0.466 e.